The summed E-state index contributed by atoms with van der Waals surface area (Å²) in [4.78, 5) is 0. The average Bonchev–Trinajstić information content (AvgIpc) is 2.48. The Labute approximate surface area is 115 Å². The molecule has 3 N–H and O–H groups in total. The van der Waals surface area contributed by atoms with Gasteiger partial charge in [0.05, 0.1) is 0 Å². The van der Waals surface area contributed by atoms with Crippen molar-refractivity contribution in [2.24, 2.45) is 5.73 Å². The highest BCUT2D eigenvalue weighted by atomic mass is 14.9. The topological polar surface area (TPSA) is 38.0 Å². The number of benzene rings is 2. The third-order valence-electron chi connectivity index (χ3n) is 3.36. The lowest BCUT2D eigenvalue weighted by atomic mass is 10.1. The lowest BCUT2D eigenvalue weighted by molar-refractivity contribution is 0.613. The minimum Gasteiger partial charge on any atom is -0.385 e. The highest BCUT2D eigenvalue weighted by Gasteiger charge is 1.99. The van der Waals surface area contributed by atoms with Crippen LogP contribution in [0.25, 0.3) is 11.1 Å². The molecule has 0 amide bonds. The minimum atomic E-state index is 0.302. The van der Waals surface area contributed by atoms with Gasteiger partial charge in [0, 0.05) is 18.3 Å². The summed E-state index contributed by atoms with van der Waals surface area (Å²) in [5.41, 5.74) is 9.55. The molecule has 0 saturated carbocycles. The maximum Gasteiger partial charge on any atom is 0.0340 e. The lowest BCUT2D eigenvalue weighted by Crippen LogP contribution is -2.22. The molecule has 2 aromatic carbocycles. The molecule has 1 atom stereocenters. The van der Waals surface area contributed by atoms with Crippen molar-refractivity contribution in [1.29, 1.82) is 0 Å². The lowest BCUT2D eigenvalue weighted by Gasteiger charge is -2.11. The van der Waals surface area contributed by atoms with Crippen LogP contribution >= 0.6 is 0 Å². The molecule has 0 spiro atoms. The van der Waals surface area contributed by atoms with Crippen molar-refractivity contribution >= 4 is 5.69 Å². The van der Waals surface area contributed by atoms with E-state index in [1.54, 1.807) is 0 Å². The van der Waals surface area contributed by atoms with Gasteiger partial charge in [-0.25, -0.2) is 0 Å². The van der Waals surface area contributed by atoms with Crippen LogP contribution in [0.2, 0.25) is 0 Å². The molecule has 0 saturated heterocycles. The Morgan fingerprint density at radius 2 is 1.58 bits per heavy atom. The first-order chi connectivity index (χ1) is 9.29. The second kappa shape index (κ2) is 6.95. The normalized spacial score (nSPS) is 12.1. The van der Waals surface area contributed by atoms with Crippen LogP contribution in [-0.4, -0.2) is 12.6 Å². The van der Waals surface area contributed by atoms with Crippen LogP contribution in [0.1, 0.15) is 19.8 Å². The van der Waals surface area contributed by atoms with Gasteiger partial charge in [-0.2, -0.15) is 0 Å². The van der Waals surface area contributed by atoms with Crippen molar-refractivity contribution in [1.82, 2.24) is 0 Å². The third-order valence-corrected chi connectivity index (χ3v) is 3.36. The van der Waals surface area contributed by atoms with E-state index in [1.807, 2.05) is 6.07 Å². The molecule has 0 heterocycles. The van der Waals surface area contributed by atoms with Crippen molar-refractivity contribution in [3.8, 4) is 11.1 Å². The molecule has 19 heavy (non-hydrogen) atoms. The average molecular weight is 254 g/mol. The minimum absolute atomic E-state index is 0.302. The van der Waals surface area contributed by atoms with Crippen molar-refractivity contribution < 1.29 is 0 Å². The summed E-state index contributed by atoms with van der Waals surface area (Å²) >= 11 is 0. The van der Waals surface area contributed by atoms with Gasteiger partial charge < -0.3 is 11.1 Å². The van der Waals surface area contributed by atoms with Crippen LogP contribution in [-0.2, 0) is 0 Å². The molecule has 0 aliphatic heterocycles. The molecular weight excluding hydrogens is 232 g/mol. The summed E-state index contributed by atoms with van der Waals surface area (Å²) in [7, 11) is 0. The van der Waals surface area contributed by atoms with E-state index < -0.39 is 0 Å². The smallest absolute Gasteiger partial charge is 0.0340 e. The highest BCUT2D eigenvalue weighted by molar-refractivity contribution is 5.65. The third kappa shape index (κ3) is 4.11. The molecule has 0 radical (unpaired) electrons. The molecule has 0 bridgehead atoms. The van der Waals surface area contributed by atoms with Crippen LogP contribution in [0.15, 0.2) is 54.6 Å². The summed E-state index contributed by atoms with van der Waals surface area (Å²) in [6, 6.07) is 19.3. The fourth-order valence-corrected chi connectivity index (χ4v) is 2.02. The molecule has 0 aliphatic rings. The van der Waals surface area contributed by atoms with E-state index in [2.05, 4.69) is 60.8 Å². The van der Waals surface area contributed by atoms with E-state index in [0.717, 1.165) is 25.1 Å². The second-order valence-electron chi connectivity index (χ2n) is 4.83. The van der Waals surface area contributed by atoms with Crippen LogP contribution in [0.4, 0.5) is 5.69 Å². The maximum atomic E-state index is 5.90. The van der Waals surface area contributed by atoms with E-state index >= 15 is 0 Å². The zero-order chi connectivity index (χ0) is 13.5. The van der Waals surface area contributed by atoms with Gasteiger partial charge in [0.15, 0.2) is 0 Å². The number of nitrogens with one attached hydrogen (secondary N) is 1. The summed E-state index contributed by atoms with van der Waals surface area (Å²) in [6.45, 7) is 3.05. The summed E-state index contributed by atoms with van der Waals surface area (Å²) < 4.78 is 0. The van der Waals surface area contributed by atoms with Crippen LogP contribution in [0, 0.1) is 0 Å². The first-order valence-electron chi connectivity index (χ1n) is 6.94. The Kier molecular flexibility index (Phi) is 4.99. The van der Waals surface area contributed by atoms with Gasteiger partial charge in [0.25, 0.3) is 0 Å². The second-order valence-corrected chi connectivity index (χ2v) is 4.83. The fraction of sp³-hybridized carbons (Fsp3) is 0.294. The molecule has 2 heteroatoms. The number of rotatable bonds is 6. The van der Waals surface area contributed by atoms with E-state index in [9.17, 15) is 0 Å². The van der Waals surface area contributed by atoms with E-state index in [4.69, 9.17) is 5.73 Å². The van der Waals surface area contributed by atoms with Crippen molar-refractivity contribution in [3.05, 3.63) is 54.6 Å². The molecule has 0 fully saturated rings. The van der Waals surface area contributed by atoms with Gasteiger partial charge in [0.1, 0.15) is 0 Å². The Bertz CT molecular complexity index is 476. The molecule has 1 unspecified atom stereocenters. The van der Waals surface area contributed by atoms with Crippen molar-refractivity contribution in [3.63, 3.8) is 0 Å². The zero-order valence-corrected chi connectivity index (χ0v) is 11.5. The van der Waals surface area contributed by atoms with Gasteiger partial charge in [-0.15, -0.1) is 0 Å². The molecule has 100 valence electrons. The largest absolute Gasteiger partial charge is 0.385 e. The van der Waals surface area contributed by atoms with Gasteiger partial charge in [0.2, 0.25) is 0 Å². The molecule has 2 nitrogen and oxygen atoms in total. The quantitative estimate of drug-likeness (QED) is 0.820. The van der Waals surface area contributed by atoms with Gasteiger partial charge >= 0.3 is 0 Å². The number of nitrogens with two attached hydrogens (primary N) is 1. The van der Waals surface area contributed by atoms with E-state index in [1.165, 1.54) is 11.1 Å². The van der Waals surface area contributed by atoms with E-state index in [-0.39, 0.29) is 0 Å². The number of anilines is 1. The highest BCUT2D eigenvalue weighted by Crippen LogP contribution is 2.20. The molecular formula is C17H22N2. The molecule has 0 aliphatic carbocycles. The van der Waals surface area contributed by atoms with Gasteiger partial charge in [-0.3, -0.25) is 0 Å². The summed E-state index contributed by atoms with van der Waals surface area (Å²) in [5, 5.41) is 3.41. The summed E-state index contributed by atoms with van der Waals surface area (Å²) in [5.74, 6) is 0. The number of hydrogen-bond acceptors (Lipinski definition) is 2. The number of hydrogen-bond donors (Lipinski definition) is 2. The van der Waals surface area contributed by atoms with Gasteiger partial charge in [-0.1, -0.05) is 49.4 Å². The Hall–Kier alpha value is -1.80. The molecule has 2 aromatic rings. The first-order valence-corrected chi connectivity index (χ1v) is 6.94. The zero-order valence-electron chi connectivity index (χ0n) is 11.5. The standard InChI is InChI=1S/C17H22N2/c1-2-16(18)12-13-19-17-10-8-15(9-11-17)14-6-4-3-5-7-14/h3-11,16,19H,2,12-13,18H2,1H3. The SMILES string of the molecule is CCC(N)CCNc1ccc(-c2ccccc2)cc1. The van der Waals surface area contributed by atoms with Crippen molar-refractivity contribution in [2.45, 2.75) is 25.8 Å². The maximum absolute atomic E-state index is 5.90. The molecule has 0 aromatic heterocycles. The van der Waals surface area contributed by atoms with Crippen LogP contribution < -0.4 is 11.1 Å². The monoisotopic (exact) mass is 254 g/mol. The van der Waals surface area contributed by atoms with E-state index in [0.29, 0.717) is 6.04 Å². The Morgan fingerprint density at radius 1 is 0.947 bits per heavy atom. The first kappa shape index (κ1) is 13.6. The predicted molar refractivity (Wildman–Crippen MR) is 83.3 cm³/mol. The summed E-state index contributed by atoms with van der Waals surface area (Å²) in [6.07, 6.45) is 2.05. The Morgan fingerprint density at radius 3 is 2.21 bits per heavy atom. The van der Waals surface area contributed by atoms with Gasteiger partial charge in [-0.05, 0) is 36.1 Å². The molecule has 2 rings (SSSR count). The fourth-order valence-electron chi connectivity index (χ4n) is 2.02. The van der Waals surface area contributed by atoms with Crippen LogP contribution in [0.3, 0.4) is 0 Å². The van der Waals surface area contributed by atoms with Crippen LogP contribution in [0.5, 0.6) is 0 Å². The van der Waals surface area contributed by atoms with Crippen molar-refractivity contribution in [2.75, 3.05) is 11.9 Å². The predicted octanol–water partition coefficient (Wildman–Crippen LogP) is 3.89. The Balaban J connectivity index is 1.92.